The van der Waals surface area contributed by atoms with Gasteiger partial charge in [0.15, 0.2) is 0 Å². The predicted octanol–water partition coefficient (Wildman–Crippen LogP) is 5.27. The summed E-state index contributed by atoms with van der Waals surface area (Å²) in [7, 11) is 0. The molecule has 0 bridgehead atoms. The Hall–Kier alpha value is -1.76. The molecule has 0 atom stereocenters. The molecule has 1 fully saturated rings. The number of anilines is 1. The van der Waals surface area contributed by atoms with Gasteiger partial charge in [0.05, 0.1) is 0 Å². The first kappa shape index (κ1) is 15.1. The minimum atomic E-state index is 0.729. The zero-order chi connectivity index (χ0) is 15.4. The molecule has 1 aliphatic heterocycles. The van der Waals surface area contributed by atoms with Crippen molar-refractivity contribution >= 4 is 5.69 Å². The molecule has 0 radical (unpaired) electrons. The normalized spacial score (nSPS) is 16.2. The number of nitrogens with zero attached hydrogens (tertiary/aromatic N) is 1. The fourth-order valence-electron chi connectivity index (χ4n) is 3.51. The summed E-state index contributed by atoms with van der Waals surface area (Å²) in [5.74, 6) is 1.46. The maximum Gasteiger partial charge on any atom is 0.0366 e. The summed E-state index contributed by atoms with van der Waals surface area (Å²) in [5, 5.41) is 0. The fraction of sp³-hybridized carbons (Fsp3) is 0.429. The topological polar surface area (TPSA) is 3.24 Å². The maximum atomic E-state index is 2.54. The molecular weight excluding hydrogens is 266 g/mol. The highest BCUT2D eigenvalue weighted by Crippen LogP contribution is 2.30. The lowest BCUT2D eigenvalue weighted by Gasteiger charge is -2.34. The average Bonchev–Trinajstić information content (AvgIpc) is 2.56. The van der Waals surface area contributed by atoms with Gasteiger partial charge in [0.1, 0.15) is 0 Å². The molecule has 1 aliphatic rings. The molecule has 0 N–H and O–H groups in total. The Morgan fingerprint density at radius 3 is 2.14 bits per heavy atom. The van der Waals surface area contributed by atoms with Crippen molar-refractivity contribution < 1.29 is 0 Å². The van der Waals surface area contributed by atoms with Gasteiger partial charge in [-0.15, -0.1) is 0 Å². The second-order valence-electron chi connectivity index (χ2n) is 6.94. The van der Waals surface area contributed by atoms with E-state index in [2.05, 4.69) is 73.3 Å². The van der Waals surface area contributed by atoms with Gasteiger partial charge in [-0.3, -0.25) is 0 Å². The van der Waals surface area contributed by atoms with Crippen LogP contribution in [0.3, 0.4) is 0 Å². The molecular formula is C21H27N. The standard InChI is InChI=1S/C21H27N/c1-17(2)16-18-8-10-21(11-9-18)22-14-12-20(13-15-22)19-6-4-3-5-7-19/h3-11,17,20H,12-16H2,1-2H3. The molecule has 0 aromatic heterocycles. The third-order valence-electron chi connectivity index (χ3n) is 4.71. The monoisotopic (exact) mass is 293 g/mol. The van der Waals surface area contributed by atoms with E-state index in [4.69, 9.17) is 0 Å². The summed E-state index contributed by atoms with van der Waals surface area (Å²) in [4.78, 5) is 2.54. The number of benzene rings is 2. The lowest BCUT2D eigenvalue weighted by atomic mass is 9.89. The summed E-state index contributed by atoms with van der Waals surface area (Å²) >= 11 is 0. The van der Waals surface area contributed by atoms with Crippen LogP contribution in [-0.4, -0.2) is 13.1 Å². The van der Waals surface area contributed by atoms with Crippen molar-refractivity contribution in [3.63, 3.8) is 0 Å². The van der Waals surface area contributed by atoms with Crippen molar-refractivity contribution in [2.24, 2.45) is 5.92 Å². The Bertz CT molecular complexity index is 563. The molecule has 2 aromatic rings. The van der Waals surface area contributed by atoms with Crippen LogP contribution in [0.5, 0.6) is 0 Å². The third kappa shape index (κ3) is 3.71. The summed E-state index contributed by atoms with van der Waals surface area (Å²) in [6, 6.07) is 20.2. The summed E-state index contributed by atoms with van der Waals surface area (Å²) in [6.07, 6.45) is 3.70. The number of rotatable bonds is 4. The van der Waals surface area contributed by atoms with Gasteiger partial charge in [0.25, 0.3) is 0 Å². The van der Waals surface area contributed by atoms with Crippen LogP contribution in [-0.2, 0) is 6.42 Å². The van der Waals surface area contributed by atoms with Crippen LogP contribution in [0.15, 0.2) is 54.6 Å². The van der Waals surface area contributed by atoms with Crippen LogP contribution >= 0.6 is 0 Å². The van der Waals surface area contributed by atoms with Gasteiger partial charge in [0.2, 0.25) is 0 Å². The van der Waals surface area contributed by atoms with E-state index < -0.39 is 0 Å². The van der Waals surface area contributed by atoms with E-state index in [9.17, 15) is 0 Å². The Balaban J connectivity index is 1.59. The number of hydrogen-bond donors (Lipinski definition) is 0. The van der Waals surface area contributed by atoms with E-state index in [1.807, 2.05) is 0 Å². The molecule has 0 saturated carbocycles. The van der Waals surface area contributed by atoms with E-state index >= 15 is 0 Å². The zero-order valence-electron chi connectivity index (χ0n) is 13.8. The zero-order valence-corrected chi connectivity index (χ0v) is 13.8. The van der Waals surface area contributed by atoms with Crippen LogP contribution in [0, 0.1) is 5.92 Å². The van der Waals surface area contributed by atoms with Crippen molar-refractivity contribution in [2.45, 2.75) is 39.0 Å². The molecule has 0 unspecified atom stereocenters. The maximum absolute atomic E-state index is 2.54. The first-order chi connectivity index (χ1) is 10.7. The lowest BCUT2D eigenvalue weighted by molar-refractivity contribution is 0.505. The Kier molecular flexibility index (Phi) is 4.82. The van der Waals surface area contributed by atoms with Gasteiger partial charge in [-0.25, -0.2) is 0 Å². The molecule has 0 amide bonds. The van der Waals surface area contributed by atoms with Gasteiger partial charge < -0.3 is 4.90 Å². The van der Waals surface area contributed by atoms with Crippen LogP contribution in [0.1, 0.15) is 43.7 Å². The molecule has 0 spiro atoms. The first-order valence-electron chi connectivity index (χ1n) is 8.61. The lowest BCUT2D eigenvalue weighted by Crippen LogP contribution is -2.32. The van der Waals surface area contributed by atoms with Gasteiger partial charge >= 0.3 is 0 Å². The Labute approximate surface area is 135 Å². The summed E-state index contributed by atoms with van der Waals surface area (Å²) in [6.45, 7) is 6.90. The highest BCUT2D eigenvalue weighted by Gasteiger charge is 2.20. The molecule has 1 nitrogen and oxygen atoms in total. The molecule has 22 heavy (non-hydrogen) atoms. The van der Waals surface area contributed by atoms with Gasteiger partial charge in [-0.2, -0.15) is 0 Å². The van der Waals surface area contributed by atoms with Gasteiger partial charge in [0, 0.05) is 18.8 Å². The van der Waals surface area contributed by atoms with Crippen molar-refractivity contribution in [3.8, 4) is 0 Å². The first-order valence-corrected chi connectivity index (χ1v) is 8.61. The average molecular weight is 293 g/mol. The van der Waals surface area contributed by atoms with Crippen molar-refractivity contribution in [3.05, 3.63) is 65.7 Å². The van der Waals surface area contributed by atoms with Gasteiger partial charge in [-0.05, 0) is 54.4 Å². The van der Waals surface area contributed by atoms with Crippen LogP contribution in [0.25, 0.3) is 0 Å². The van der Waals surface area contributed by atoms with Crippen LogP contribution < -0.4 is 4.90 Å². The fourth-order valence-corrected chi connectivity index (χ4v) is 3.51. The highest BCUT2D eigenvalue weighted by atomic mass is 15.1. The number of piperidine rings is 1. The van der Waals surface area contributed by atoms with Crippen molar-refractivity contribution in [2.75, 3.05) is 18.0 Å². The van der Waals surface area contributed by atoms with Crippen LogP contribution in [0.4, 0.5) is 5.69 Å². The largest absolute Gasteiger partial charge is 0.371 e. The number of hydrogen-bond acceptors (Lipinski definition) is 1. The van der Waals surface area contributed by atoms with Crippen molar-refractivity contribution in [1.29, 1.82) is 0 Å². The van der Waals surface area contributed by atoms with E-state index in [0.29, 0.717) is 0 Å². The quantitative estimate of drug-likeness (QED) is 0.742. The van der Waals surface area contributed by atoms with Crippen LogP contribution in [0.2, 0.25) is 0 Å². The second-order valence-corrected chi connectivity index (χ2v) is 6.94. The van der Waals surface area contributed by atoms with Gasteiger partial charge in [-0.1, -0.05) is 56.3 Å². The molecule has 0 aliphatic carbocycles. The second kappa shape index (κ2) is 7.00. The predicted molar refractivity (Wildman–Crippen MR) is 95.6 cm³/mol. The Morgan fingerprint density at radius 2 is 1.55 bits per heavy atom. The molecule has 1 heterocycles. The molecule has 1 saturated heterocycles. The SMILES string of the molecule is CC(C)Cc1ccc(N2CCC(c3ccccc3)CC2)cc1. The van der Waals surface area contributed by atoms with E-state index in [1.165, 1.54) is 49.2 Å². The van der Waals surface area contributed by atoms with E-state index in [0.717, 1.165) is 11.8 Å². The highest BCUT2D eigenvalue weighted by molar-refractivity contribution is 5.48. The molecule has 1 heteroatoms. The minimum Gasteiger partial charge on any atom is -0.371 e. The minimum absolute atomic E-state index is 0.729. The van der Waals surface area contributed by atoms with E-state index in [-0.39, 0.29) is 0 Å². The third-order valence-corrected chi connectivity index (χ3v) is 4.71. The smallest absolute Gasteiger partial charge is 0.0366 e. The summed E-state index contributed by atoms with van der Waals surface area (Å²) < 4.78 is 0. The Morgan fingerprint density at radius 1 is 0.909 bits per heavy atom. The summed E-state index contributed by atoms with van der Waals surface area (Å²) in [5.41, 5.74) is 4.35. The van der Waals surface area contributed by atoms with Crippen molar-refractivity contribution in [1.82, 2.24) is 0 Å². The molecule has 2 aromatic carbocycles. The molecule has 3 rings (SSSR count). The molecule has 116 valence electrons. The van der Waals surface area contributed by atoms with E-state index in [1.54, 1.807) is 0 Å².